The molecule has 1 saturated heterocycles. The third kappa shape index (κ3) is 8.11. The van der Waals surface area contributed by atoms with Gasteiger partial charge in [-0.15, -0.1) is 24.0 Å². The van der Waals surface area contributed by atoms with E-state index in [2.05, 4.69) is 25.8 Å². The molecule has 1 fully saturated rings. The van der Waals surface area contributed by atoms with Crippen LogP contribution >= 0.6 is 47.2 Å². The number of carbonyl (C=O) groups excluding carboxylic acids is 1. The Labute approximate surface area is 201 Å². The van der Waals surface area contributed by atoms with Crippen LogP contribution in [-0.2, 0) is 11.3 Å². The summed E-state index contributed by atoms with van der Waals surface area (Å²) < 4.78 is 0. The average Bonchev–Trinajstić information content (AvgIpc) is 2.68. The number of aliphatic imine (C=N–C) groups is 1. The predicted octanol–water partition coefficient (Wildman–Crippen LogP) is 3.51. The highest BCUT2D eigenvalue weighted by Crippen LogP contribution is 2.24. The van der Waals surface area contributed by atoms with Crippen LogP contribution in [0, 0.1) is 5.41 Å². The van der Waals surface area contributed by atoms with E-state index < -0.39 is 5.41 Å². The van der Waals surface area contributed by atoms with Gasteiger partial charge in [-0.3, -0.25) is 14.7 Å². The summed E-state index contributed by atoms with van der Waals surface area (Å²) in [4.78, 5) is 18.6. The number of piperidine rings is 1. The van der Waals surface area contributed by atoms with Crippen LogP contribution in [0.1, 0.15) is 32.3 Å². The Kier molecular flexibility index (Phi) is 11.0. The number of likely N-dealkylation sites (tertiary alicyclic amines) is 1. The van der Waals surface area contributed by atoms with Crippen molar-refractivity contribution in [1.82, 2.24) is 20.9 Å². The van der Waals surface area contributed by atoms with Crippen molar-refractivity contribution in [3.05, 3.63) is 33.8 Å². The van der Waals surface area contributed by atoms with Crippen molar-refractivity contribution in [2.75, 3.05) is 33.7 Å². The normalized spacial score (nSPS) is 16.1. The Morgan fingerprint density at radius 3 is 2.45 bits per heavy atom. The van der Waals surface area contributed by atoms with E-state index in [4.69, 9.17) is 23.2 Å². The van der Waals surface area contributed by atoms with Crippen LogP contribution in [0.5, 0.6) is 0 Å². The van der Waals surface area contributed by atoms with Gasteiger partial charge in [0, 0.05) is 46.3 Å². The number of nitrogens with zero attached hydrogens (tertiary/aromatic N) is 2. The van der Waals surface area contributed by atoms with Crippen LogP contribution in [0.15, 0.2) is 23.2 Å². The van der Waals surface area contributed by atoms with Gasteiger partial charge in [0.15, 0.2) is 5.96 Å². The van der Waals surface area contributed by atoms with E-state index in [1.165, 1.54) is 5.56 Å². The lowest BCUT2D eigenvalue weighted by molar-refractivity contribution is -0.128. The lowest BCUT2D eigenvalue weighted by Gasteiger charge is -2.33. The van der Waals surface area contributed by atoms with Gasteiger partial charge in [-0.2, -0.15) is 0 Å². The molecular weight excluding hydrogens is 524 g/mol. The van der Waals surface area contributed by atoms with Crippen molar-refractivity contribution in [3.8, 4) is 0 Å². The monoisotopic (exact) mass is 555 g/mol. The fourth-order valence-electron chi connectivity index (χ4n) is 3.24. The van der Waals surface area contributed by atoms with Gasteiger partial charge >= 0.3 is 0 Å². The molecule has 0 bridgehead atoms. The molecule has 9 heteroatoms. The zero-order valence-electron chi connectivity index (χ0n) is 17.5. The first-order valence-electron chi connectivity index (χ1n) is 9.61. The summed E-state index contributed by atoms with van der Waals surface area (Å²) >= 11 is 12.1. The van der Waals surface area contributed by atoms with E-state index in [0.29, 0.717) is 22.6 Å². The Balaban J connectivity index is 0.00000420. The number of hydrogen-bond donors (Lipinski definition) is 3. The Morgan fingerprint density at radius 1 is 1.24 bits per heavy atom. The van der Waals surface area contributed by atoms with Crippen molar-refractivity contribution < 1.29 is 4.79 Å². The largest absolute Gasteiger partial charge is 0.359 e. The third-order valence-corrected chi connectivity index (χ3v) is 5.82. The summed E-state index contributed by atoms with van der Waals surface area (Å²) in [6, 6.07) is 6.18. The first kappa shape index (κ1) is 26.3. The Morgan fingerprint density at radius 2 is 1.90 bits per heavy atom. The molecule has 0 saturated carbocycles. The molecule has 0 radical (unpaired) electrons. The lowest BCUT2D eigenvalue weighted by Crippen LogP contribution is -2.51. The van der Waals surface area contributed by atoms with E-state index >= 15 is 0 Å². The standard InChI is InChI=1S/C20H31Cl2N5O.HI/c1-20(2,18(28)23-3)13-25-19(24-4)26-15-7-9-27(10-8-15)12-14-5-6-16(21)17(22)11-14;/h5-6,11,15H,7-10,12-13H2,1-4H3,(H,23,28)(H2,24,25,26);1H. The van der Waals surface area contributed by atoms with Gasteiger partial charge in [0.2, 0.25) is 5.91 Å². The van der Waals surface area contributed by atoms with E-state index in [-0.39, 0.29) is 29.9 Å². The molecule has 164 valence electrons. The summed E-state index contributed by atoms with van der Waals surface area (Å²) in [6.07, 6.45) is 2.06. The van der Waals surface area contributed by atoms with Crippen LogP contribution in [0.3, 0.4) is 0 Å². The molecule has 1 aromatic carbocycles. The van der Waals surface area contributed by atoms with Gasteiger partial charge in [-0.05, 0) is 44.4 Å². The molecule has 29 heavy (non-hydrogen) atoms. The number of benzene rings is 1. The van der Waals surface area contributed by atoms with E-state index in [1.54, 1.807) is 14.1 Å². The molecule has 0 aromatic heterocycles. The maximum absolute atomic E-state index is 11.9. The van der Waals surface area contributed by atoms with Crippen molar-refractivity contribution in [2.45, 2.75) is 39.3 Å². The van der Waals surface area contributed by atoms with Crippen molar-refractivity contribution in [3.63, 3.8) is 0 Å². The van der Waals surface area contributed by atoms with Crippen LogP contribution in [0.4, 0.5) is 0 Å². The lowest BCUT2D eigenvalue weighted by atomic mass is 9.92. The van der Waals surface area contributed by atoms with Gasteiger partial charge in [0.25, 0.3) is 0 Å². The maximum Gasteiger partial charge on any atom is 0.227 e. The molecule has 3 N–H and O–H groups in total. The van der Waals surface area contributed by atoms with Gasteiger partial charge in [0.05, 0.1) is 15.5 Å². The van der Waals surface area contributed by atoms with Crippen molar-refractivity contribution in [2.24, 2.45) is 10.4 Å². The summed E-state index contributed by atoms with van der Waals surface area (Å²) in [5.74, 6) is 0.742. The summed E-state index contributed by atoms with van der Waals surface area (Å²) in [7, 11) is 3.41. The molecule has 1 heterocycles. The van der Waals surface area contributed by atoms with E-state index in [9.17, 15) is 4.79 Å². The molecular formula is C20H32Cl2IN5O. The van der Waals surface area contributed by atoms with Crippen molar-refractivity contribution in [1.29, 1.82) is 0 Å². The minimum absolute atomic E-state index is 0. The highest BCUT2D eigenvalue weighted by atomic mass is 127. The first-order chi connectivity index (χ1) is 13.2. The van der Waals surface area contributed by atoms with E-state index in [1.807, 2.05) is 32.0 Å². The number of rotatable bonds is 6. The van der Waals surface area contributed by atoms with Crippen molar-refractivity contribution >= 4 is 59.0 Å². The predicted molar refractivity (Wildman–Crippen MR) is 133 cm³/mol. The second-order valence-electron chi connectivity index (χ2n) is 7.83. The molecule has 6 nitrogen and oxygen atoms in total. The maximum atomic E-state index is 11.9. The molecule has 1 aliphatic rings. The zero-order chi connectivity index (χ0) is 20.7. The number of carbonyl (C=O) groups is 1. The second-order valence-corrected chi connectivity index (χ2v) is 8.65. The number of guanidine groups is 1. The van der Waals surface area contributed by atoms with E-state index in [0.717, 1.165) is 38.4 Å². The zero-order valence-corrected chi connectivity index (χ0v) is 21.4. The van der Waals surface area contributed by atoms with Gasteiger partial charge in [-0.25, -0.2) is 0 Å². The molecule has 2 rings (SSSR count). The number of hydrogen-bond acceptors (Lipinski definition) is 3. The first-order valence-corrected chi connectivity index (χ1v) is 10.4. The molecule has 1 amide bonds. The van der Waals surface area contributed by atoms with Crippen LogP contribution in [-0.4, -0.2) is 56.5 Å². The molecule has 1 aromatic rings. The average molecular weight is 556 g/mol. The third-order valence-electron chi connectivity index (χ3n) is 5.08. The Bertz CT molecular complexity index is 706. The molecule has 1 aliphatic heterocycles. The second kappa shape index (κ2) is 12.2. The fraction of sp³-hybridized carbons (Fsp3) is 0.600. The highest BCUT2D eigenvalue weighted by Gasteiger charge is 2.27. The van der Waals surface area contributed by atoms with Crippen LogP contribution in [0.2, 0.25) is 10.0 Å². The summed E-state index contributed by atoms with van der Waals surface area (Å²) in [5, 5.41) is 10.6. The minimum Gasteiger partial charge on any atom is -0.359 e. The summed E-state index contributed by atoms with van der Waals surface area (Å²) in [6.45, 7) is 7.21. The minimum atomic E-state index is -0.504. The SMILES string of the molecule is CN=C(NCC(C)(C)C(=O)NC)NC1CCN(Cc2ccc(Cl)c(Cl)c2)CC1.I. The quantitative estimate of drug-likeness (QED) is 0.285. The molecule has 0 spiro atoms. The van der Waals surface area contributed by atoms with Gasteiger partial charge in [-0.1, -0.05) is 29.3 Å². The number of amides is 1. The summed E-state index contributed by atoms with van der Waals surface area (Å²) in [5.41, 5.74) is 0.671. The van der Waals surface area contributed by atoms with Gasteiger partial charge < -0.3 is 16.0 Å². The Hall–Kier alpha value is -0.770. The molecule has 0 aliphatic carbocycles. The van der Waals surface area contributed by atoms with Gasteiger partial charge in [0.1, 0.15) is 0 Å². The molecule has 0 unspecified atom stereocenters. The fourth-order valence-corrected chi connectivity index (χ4v) is 3.56. The number of halogens is 3. The number of nitrogens with one attached hydrogen (secondary N) is 3. The van der Waals surface area contributed by atoms with Crippen LogP contribution < -0.4 is 16.0 Å². The highest BCUT2D eigenvalue weighted by molar-refractivity contribution is 14.0. The van der Waals surface area contributed by atoms with Crippen LogP contribution in [0.25, 0.3) is 0 Å². The smallest absolute Gasteiger partial charge is 0.227 e. The topological polar surface area (TPSA) is 68.8 Å². The molecule has 0 atom stereocenters.